The van der Waals surface area contributed by atoms with Crippen LogP contribution in [0.25, 0.3) is 10.8 Å². The molecule has 0 spiro atoms. The van der Waals surface area contributed by atoms with E-state index >= 15 is 0 Å². The number of carbonyl (C=O) groups is 1. The van der Waals surface area contributed by atoms with Crippen LogP contribution in [0.5, 0.6) is 0 Å². The minimum absolute atomic E-state index is 0.237. The first-order valence-electron chi connectivity index (χ1n) is 9.13. The second kappa shape index (κ2) is 8.84. The standard InChI is InChI=1S/C22H25NO4/c1-15(7-8-16-9-11-17(12-10-16)22(25)26-2)23-13-20(24)21-19-6-4-3-5-18(19)14-27-21/h3-6,9-12,14-15,20,23-24H,7-8,13H2,1-2H3. The molecule has 2 atom stereocenters. The summed E-state index contributed by atoms with van der Waals surface area (Å²) >= 11 is 0. The summed E-state index contributed by atoms with van der Waals surface area (Å²) in [5.41, 5.74) is 1.72. The number of nitrogens with one attached hydrogen (secondary N) is 1. The molecule has 0 amide bonds. The molecule has 0 aliphatic rings. The van der Waals surface area contributed by atoms with Crippen LogP contribution in [-0.2, 0) is 11.2 Å². The van der Waals surface area contributed by atoms with E-state index in [0.717, 1.165) is 29.2 Å². The number of hydrogen-bond acceptors (Lipinski definition) is 5. The lowest BCUT2D eigenvalue weighted by Crippen LogP contribution is -2.30. The first-order valence-corrected chi connectivity index (χ1v) is 9.13. The second-order valence-electron chi connectivity index (χ2n) is 6.74. The average Bonchev–Trinajstić information content (AvgIpc) is 3.14. The van der Waals surface area contributed by atoms with Gasteiger partial charge in [-0.05, 0) is 37.5 Å². The smallest absolute Gasteiger partial charge is 0.337 e. The number of hydrogen-bond donors (Lipinski definition) is 2. The summed E-state index contributed by atoms with van der Waals surface area (Å²) in [6.45, 7) is 2.52. The lowest BCUT2D eigenvalue weighted by atomic mass is 10.0. The number of esters is 1. The van der Waals surface area contributed by atoms with Crippen LogP contribution in [0.1, 0.15) is 41.1 Å². The molecule has 27 heavy (non-hydrogen) atoms. The van der Waals surface area contributed by atoms with E-state index < -0.39 is 6.10 Å². The molecule has 1 heterocycles. The fourth-order valence-electron chi connectivity index (χ4n) is 3.09. The maximum Gasteiger partial charge on any atom is 0.337 e. The highest BCUT2D eigenvalue weighted by Crippen LogP contribution is 2.26. The predicted octanol–water partition coefficient (Wildman–Crippen LogP) is 3.86. The third-order valence-electron chi connectivity index (χ3n) is 4.74. The maximum atomic E-state index is 11.5. The average molecular weight is 367 g/mol. The zero-order chi connectivity index (χ0) is 19.2. The van der Waals surface area contributed by atoms with E-state index in [1.807, 2.05) is 36.4 Å². The van der Waals surface area contributed by atoms with Gasteiger partial charge in [-0.2, -0.15) is 0 Å². The Hall–Kier alpha value is -2.63. The number of furan rings is 1. The lowest BCUT2D eigenvalue weighted by Gasteiger charge is -2.16. The molecule has 1 aromatic heterocycles. The number of methoxy groups -OCH3 is 1. The van der Waals surface area contributed by atoms with Crippen LogP contribution >= 0.6 is 0 Å². The zero-order valence-corrected chi connectivity index (χ0v) is 15.6. The van der Waals surface area contributed by atoms with Gasteiger partial charge in [-0.15, -0.1) is 0 Å². The van der Waals surface area contributed by atoms with Crippen LogP contribution in [0, 0.1) is 0 Å². The van der Waals surface area contributed by atoms with Crippen molar-refractivity contribution >= 4 is 16.7 Å². The highest BCUT2D eigenvalue weighted by molar-refractivity contribution is 5.89. The largest absolute Gasteiger partial charge is 0.465 e. The number of benzene rings is 2. The molecule has 0 aliphatic carbocycles. The minimum atomic E-state index is -0.688. The van der Waals surface area contributed by atoms with Gasteiger partial charge in [0, 0.05) is 23.4 Å². The molecule has 142 valence electrons. The number of carbonyl (C=O) groups excluding carboxylic acids is 1. The van der Waals surface area contributed by atoms with E-state index in [1.54, 1.807) is 18.4 Å². The fraction of sp³-hybridized carbons (Fsp3) is 0.318. The Labute approximate surface area is 159 Å². The van der Waals surface area contributed by atoms with Gasteiger partial charge < -0.3 is 19.6 Å². The van der Waals surface area contributed by atoms with Crippen molar-refractivity contribution in [2.75, 3.05) is 13.7 Å². The van der Waals surface area contributed by atoms with E-state index in [9.17, 15) is 9.90 Å². The van der Waals surface area contributed by atoms with E-state index in [0.29, 0.717) is 17.9 Å². The summed E-state index contributed by atoms with van der Waals surface area (Å²) in [6, 6.07) is 15.5. The highest BCUT2D eigenvalue weighted by Gasteiger charge is 2.16. The van der Waals surface area contributed by atoms with Crippen LogP contribution < -0.4 is 5.32 Å². The van der Waals surface area contributed by atoms with Gasteiger partial charge in [0.1, 0.15) is 11.9 Å². The van der Waals surface area contributed by atoms with Crippen molar-refractivity contribution in [1.29, 1.82) is 0 Å². The molecular weight excluding hydrogens is 342 g/mol. The molecule has 2 N–H and O–H groups in total. The summed E-state index contributed by atoms with van der Waals surface area (Å²) in [5, 5.41) is 15.8. The Morgan fingerprint density at radius 2 is 1.93 bits per heavy atom. The van der Waals surface area contributed by atoms with Crippen LogP contribution in [0.2, 0.25) is 0 Å². The molecule has 0 saturated carbocycles. The quantitative estimate of drug-likeness (QED) is 0.592. The van der Waals surface area contributed by atoms with Crippen molar-refractivity contribution in [2.24, 2.45) is 0 Å². The third-order valence-corrected chi connectivity index (χ3v) is 4.74. The summed E-state index contributed by atoms with van der Waals surface area (Å²) in [6.07, 6.45) is 2.79. The third kappa shape index (κ3) is 4.76. The van der Waals surface area contributed by atoms with E-state index in [2.05, 4.69) is 12.2 Å². The van der Waals surface area contributed by atoms with Gasteiger partial charge in [0.25, 0.3) is 0 Å². The monoisotopic (exact) mass is 367 g/mol. The molecule has 0 fully saturated rings. The number of rotatable bonds is 8. The molecule has 0 saturated heterocycles. The molecule has 3 aromatic rings. The van der Waals surface area contributed by atoms with E-state index in [4.69, 9.17) is 9.15 Å². The summed E-state index contributed by atoms with van der Waals surface area (Å²) < 4.78 is 10.3. The molecular formula is C22H25NO4. The number of ether oxygens (including phenoxy) is 1. The van der Waals surface area contributed by atoms with Crippen molar-refractivity contribution in [2.45, 2.75) is 31.9 Å². The van der Waals surface area contributed by atoms with Crippen molar-refractivity contribution in [1.82, 2.24) is 5.32 Å². The molecule has 0 aliphatic heterocycles. The first kappa shape index (κ1) is 19.1. The lowest BCUT2D eigenvalue weighted by molar-refractivity contribution is 0.0600. The first-order chi connectivity index (χ1) is 13.1. The van der Waals surface area contributed by atoms with Gasteiger partial charge in [0.05, 0.1) is 18.9 Å². The van der Waals surface area contributed by atoms with Gasteiger partial charge in [-0.3, -0.25) is 0 Å². The number of aliphatic hydroxyl groups is 1. The van der Waals surface area contributed by atoms with Crippen molar-refractivity contribution in [3.63, 3.8) is 0 Å². The second-order valence-corrected chi connectivity index (χ2v) is 6.74. The molecule has 5 heteroatoms. The van der Waals surface area contributed by atoms with E-state index in [-0.39, 0.29) is 12.0 Å². The molecule has 5 nitrogen and oxygen atoms in total. The van der Waals surface area contributed by atoms with Crippen LogP contribution in [-0.4, -0.2) is 30.8 Å². The van der Waals surface area contributed by atoms with Gasteiger partial charge in [-0.25, -0.2) is 4.79 Å². The highest BCUT2D eigenvalue weighted by atomic mass is 16.5. The number of fused-ring (bicyclic) bond motifs is 1. The van der Waals surface area contributed by atoms with Crippen molar-refractivity contribution < 1.29 is 19.1 Å². The van der Waals surface area contributed by atoms with Gasteiger partial charge in [0.2, 0.25) is 0 Å². The number of aliphatic hydroxyl groups excluding tert-OH is 1. The van der Waals surface area contributed by atoms with Crippen LogP contribution in [0.4, 0.5) is 0 Å². The van der Waals surface area contributed by atoms with Crippen molar-refractivity contribution in [3.05, 3.63) is 71.7 Å². The number of aryl methyl sites for hydroxylation is 1. The predicted molar refractivity (Wildman–Crippen MR) is 105 cm³/mol. The summed E-state index contributed by atoms with van der Waals surface area (Å²) in [7, 11) is 1.38. The van der Waals surface area contributed by atoms with Gasteiger partial charge >= 0.3 is 5.97 Å². The van der Waals surface area contributed by atoms with Crippen molar-refractivity contribution in [3.8, 4) is 0 Å². The fourth-order valence-corrected chi connectivity index (χ4v) is 3.09. The molecule has 3 rings (SSSR count). The molecule has 0 radical (unpaired) electrons. The maximum absolute atomic E-state index is 11.5. The SMILES string of the molecule is COC(=O)c1ccc(CCC(C)NCC(O)c2occ3ccccc23)cc1. The Morgan fingerprint density at radius 3 is 2.67 bits per heavy atom. The normalized spacial score (nSPS) is 13.4. The molecule has 0 bridgehead atoms. The Morgan fingerprint density at radius 1 is 1.19 bits per heavy atom. The van der Waals surface area contributed by atoms with Crippen LogP contribution in [0.3, 0.4) is 0 Å². The molecule has 2 unspecified atom stereocenters. The zero-order valence-electron chi connectivity index (χ0n) is 15.6. The Bertz CT molecular complexity index is 885. The summed E-state index contributed by atoms with van der Waals surface area (Å²) in [5.74, 6) is 0.278. The summed E-state index contributed by atoms with van der Waals surface area (Å²) in [4.78, 5) is 11.5. The Kier molecular flexibility index (Phi) is 6.27. The van der Waals surface area contributed by atoms with Gasteiger partial charge in [0.15, 0.2) is 0 Å². The van der Waals surface area contributed by atoms with Gasteiger partial charge in [-0.1, -0.05) is 36.4 Å². The van der Waals surface area contributed by atoms with Crippen LogP contribution in [0.15, 0.2) is 59.2 Å². The Balaban J connectivity index is 1.48. The van der Waals surface area contributed by atoms with E-state index in [1.165, 1.54) is 7.11 Å². The minimum Gasteiger partial charge on any atom is -0.465 e. The molecule has 2 aromatic carbocycles. The topological polar surface area (TPSA) is 71.7 Å².